The molecule has 0 aliphatic carbocycles. The molecule has 0 spiro atoms. The third kappa shape index (κ3) is 5.07. The van der Waals surface area contributed by atoms with Gasteiger partial charge in [0.05, 0.1) is 5.69 Å². The molecule has 0 saturated heterocycles. The predicted molar refractivity (Wildman–Crippen MR) is 108 cm³/mol. The SMILES string of the molecule is CNC(=O)c1cc(Oc2ccc(NC(=O)Nc3cccc(C)c3F)cc2)ccn1. The number of aryl methyl sites for hydroxylation is 1. The fraction of sp³-hybridized carbons (Fsp3) is 0.0952. The van der Waals surface area contributed by atoms with Crippen LogP contribution in [0.15, 0.2) is 60.8 Å². The van der Waals surface area contributed by atoms with Gasteiger partial charge in [0, 0.05) is 25.0 Å². The highest BCUT2D eigenvalue weighted by molar-refractivity contribution is 5.99. The number of urea groups is 1. The third-order valence-electron chi connectivity index (χ3n) is 3.98. The van der Waals surface area contributed by atoms with Crippen LogP contribution in [0.2, 0.25) is 0 Å². The summed E-state index contributed by atoms with van der Waals surface area (Å²) in [7, 11) is 1.52. The normalized spacial score (nSPS) is 10.2. The predicted octanol–water partition coefficient (Wildman–Crippen LogP) is 4.33. The number of carbonyl (C=O) groups is 2. The number of benzene rings is 2. The van der Waals surface area contributed by atoms with E-state index in [4.69, 9.17) is 4.74 Å². The van der Waals surface area contributed by atoms with Gasteiger partial charge in [-0.1, -0.05) is 12.1 Å². The van der Waals surface area contributed by atoms with Gasteiger partial charge in [-0.15, -0.1) is 0 Å². The Hall–Kier alpha value is -3.94. The molecule has 0 aliphatic heterocycles. The van der Waals surface area contributed by atoms with Crippen molar-refractivity contribution in [1.29, 1.82) is 0 Å². The van der Waals surface area contributed by atoms with Crippen LogP contribution in [-0.2, 0) is 0 Å². The van der Waals surface area contributed by atoms with E-state index < -0.39 is 11.8 Å². The second kappa shape index (κ2) is 8.83. The van der Waals surface area contributed by atoms with Crippen LogP contribution in [0.5, 0.6) is 11.5 Å². The van der Waals surface area contributed by atoms with Gasteiger partial charge in [-0.25, -0.2) is 9.18 Å². The van der Waals surface area contributed by atoms with Crippen LogP contribution in [-0.4, -0.2) is 24.0 Å². The molecule has 2 aromatic carbocycles. The summed E-state index contributed by atoms with van der Waals surface area (Å²) >= 11 is 0. The minimum Gasteiger partial charge on any atom is -0.457 e. The van der Waals surface area contributed by atoms with Gasteiger partial charge in [-0.05, 0) is 48.9 Å². The maximum Gasteiger partial charge on any atom is 0.323 e. The van der Waals surface area contributed by atoms with E-state index in [2.05, 4.69) is 20.9 Å². The lowest BCUT2D eigenvalue weighted by atomic mass is 10.2. The van der Waals surface area contributed by atoms with E-state index in [0.29, 0.717) is 22.7 Å². The molecule has 7 nitrogen and oxygen atoms in total. The highest BCUT2D eigenvalue weighted by atomic mass is 19.1. The summed E-state index contributed by atoms with van der Waals surface area (Å²) in [5.74, 6) is 0.174. The van der Waals surface area contributed by atoms with Crippen molar-refractivity contribution >= 4 is 23.3 Å². The average molecular weight is 394 g/mol. The Morgan fingerprint density at radius 2 is 1.76 bits per heavy atom. The van der Waals surface area contributed by atoms with Crippen LogP contribution in [0.4, 0.5) is 20.6 Å². The largest absolute Gasteiger partial charge is 0.457 e. The Kier molecular flexibility index (Phi) is 6.03. The number of rotatable bonds is 5. The maximum absolute atomic E-state index is 14.0. The number of aromatic nitrogens is 1. The number of ether oxygens (including phenoxy) is 1. The van der Waals surface area contributed by atoms with Gasteiger partial charge < -0.3 is 20.7 Å². The van der Waals surface area contributed by atoms with Crippen molar-refractivity contribution in [3.8, 4) is 11.5 Å². The van der Waals surface area contributed by atoms with E-state index in [1.165, 1.54) is 25.4 Å². The Morgan fingerprint density at radius 3 is 2.48 bits per heavy atom. The first-order valence-electron chi connectivity index (χ1n) is 8.75. The first kappa shape index (κ1) is 19.8. The molecule has 0 fully saturated rings. The molecule has 0 atom stereocenters. The summed E-state index contributed by atoms with van der Waals surface area (Å²) in [4.78, 5) is 27.7. The zero-order chi connectivity index (χ0) is 20.8. The number of halogens is 1. The average Bonchev–Trinajstić information content (AvgIpc) is 2.72. The second-order valence-corrected chi connectivity index (χ2v) is 6.10. The summed E-state index contributed by atoms with van der Waals surface area (Å²) in [6.07, 6.45) is 1.48. The number of nitrogens with one attached hydrogen (secondary N) is 3. The van der Waals surface area contributed by atoms with Crippen LogP contribution >= 0.6 is 0 Å². The van der Waals surface area contributed by atoms with Crippen molar-refractivity contribution in [2.45, 2.75) is 6.92 Å². The molecule has 0 saturated carbocycles. The van der Waals surface area contributed by atoms with E-state index >= 15 is 0 Å². The van der Waals surface area contributed by atoms with E-state index in [9.17, 15) is 14.0 Å². The molecule has 0 radical (unpaired) electrons. The first-order valence-corrected chi connectivity index (χ1v) is 8.75. The molecular weight excluding hydrogens is 375 g/mol. The first-order chi connectivity index (χ1) is 14.0. The van der Waals surface area contributed by atoms with Gasteiger partial charge in [-0.3, -0.25) is 9.78 Å². The number of hydrogen-bond donors (Lipinski definition) is 3. The van der Waals surface area contributed by atoms with Crippen molar-refractivity contribution in [2.24, 2.45) is 0 Å². The van der Waals surface area contributed by atoms with E-state index in [0.717, 1.165) is 0 Å². The smallest absolute Gasteiger partial charge is 0.323 e. The Labute approximate surface area is 166 Å². The number of nitrogens with zero attached hydrogens (tertiary/aromatic N) is 1. The number of amides is 3. The number of pyridine rings is 1. The molecule has 29 heavy (non-hydrogen) atoms. The van der Waals surface area contributed by atoms with Crippen molar-refractivity contribution in [2.75, 3.05) is 17.7 Å². The van der Waals surface area contributed by atoms with Gasteiger partial charge in [-0.2, -0.15) is 0 Å². The van der Waals surface area contributed by atoms with Crippen molar-refractivity contribution in [3.63, 3.8) is 0 Å². The summed E-state index contributed by atoms with van der Waals surface area (Å²) < 4.78 is 19.7. The molecule has 1 heterocycles. The van der Waals surface area contributed by atoms with Crippen molar-refractivity contribution in [1.82, 2.24) is 10.3 Å². The lowest BCUT2D eigenvalue weighted by Gasteiger charge is -2.10. The zero-order valence-corrected chi connectivity index (χ0v) is 15.8. The highest BCUT2D eigenvalue weighted by Gasteiger charge is 2.10. The summed E-state index contributed by atoms with van der Waals surface area (Å²) in [6, 6.07) is 14.0. The molecule has 3 amide bonds. The fourth-order valence-corrected chi connectivity index (χ4v) is 2.50. The Morgan fingerprint density at radius 1 is 1.00 bits per heavy atom. The molecule has 8 heteroatoms. The lowest BCUT2D eigenvalue weighted by Crippen LogP contribution is -2.20. The van der Waals surface area contributed by atoms with Gasteiger partial charge in [0.2, 0.25) is 0 Å². The zero-order valence-electron chi connectivity index (χ0n) is 15.8. The minimum absolute atomic E-state index is 0.104. The molecular formula is C21H19FN4O3. The Bertz CT molecular complexity index is 1040. The van der Waals surface area contributed by atoms with Gasteiger partial charge in [0.1, 0.15) is 23.0 Å². The third-order valence-corrected chi connectivity index (χ3v) is 3.98. The van der Waals surface area contributed by atoms with Crippen LogP contribution in [0, 0.1) is 12.7 Å². The molecule has 1 aromatic heterocycles. The van der Waals surface area contributed by atoms with Crippen molar-refractivity contribution < 1.29 is 18.7 Å². The Balaban J connectivity index is 1.62. The maximum atomic E-state index is 14.0. The van der Waals surface area contributed by atoms with E-state index in [1.807, 2.05) is 0 Å². The van der Waals surface area contributed by atoms with Crippen LogP contribution < -0.4 is 20.7 Å². The van der Waals surface area contributed by atoms with Crippen molar-refractivity contribution in [3.05, 3.63) is 77.9 Å². The monoisotopic (exact) mass is 394 g/mol. The van der Waals surface area contributed by atoms with Gasteiger partial charge in [0.15, 0.2) is 0 Å². The van der Waals surface area contributed by atoms with Crippen LogP contribution in [0.1, 0.15) is 16.1 Å². The van der Waals surface area contributed by atoms with E-state index in [-0.39, 0.29) is 17.3 Å². The summed E-state index contributed by atoms with van der Waals surface area (Å²) in [5, 5.41) is 7.60. The molecule has 3 N–H and O–H groups in total. The molecule has 3 rings (SSSR count). The molecule has 3 aromatic rings. The highest BCUT2D eigenvalue weighted by Crippen LogP contribution is 2.23. The number of carbonyl (C=O) groups excluding carboxylic acids is 2. The van der Waals surface area contributed by atoms with Crippen LogP contribution in [0.25, 0.3) is 0 Å². The van der Waals surface area contributed by atoms with Crippen LogP contribution in [0.3, 0.4) is 0 Å². The van der Waals surface area contributed by atoms with E-state index in [1.54, 1.807) is 49.4 Å². The topological polar surface area (TPSA) is 92.4 Å². The summed E-state index contributed by atoms with van der Waals surface area (Å²) in [6.45, 7) is 1.62. The number of hydrogen-bond acceptors (Lipinski definition) is 4. The minimum atomic E-state index is -0.562. The molecule has 0 unspecified atom stereocenters. The number of anilines is 2. The van der Waals surface area contributed by atoms with Gasteiger partial charge in [0.25, 0.3) is 5.91 Å². The quantitative estimate of drug-likeness (QED) is 0.601. The second-order valence-electron chi connectivity index (χ2n) is 6.10. The molecule has 148 valence electrons. The fourth-order valence-electron chi connectivity index (χ4n) is 2.50. The lowest BCUT2D eigenvalue weighted by molar-refractivity contribution is 0.0958. The molecule has 0 aliphatic rings. The van der Waals surface area contributed by atoms with Gasteiger partial charge >= 0.3 is 6.03 Å². The summed E-state index contributed by atoms with van der Waals surface area (Å²) in [5.41, 5.74) is 1.29. The standard InChI is InChI=1S/C21H19FN4O3/c1-13-4-3-5-17(19(13)22)26-21(28)25-14-6-8-15(9-7-14)29-16-10-11-24-18(12-16)20(27)23-2/h3-12H,1-2H3,(H,23,27)(H2,25,26,28). The molecule has 0 bridgehead atoms.